The normalized spacial score (nSPS) is 12.6. The molecule has 180 valence electrons. The largest absolute Gasteiger partial charge is 0.491 e. The van der Waals surface area contributed by atoms with Crippen LogP contribution in [-0.4, -0.2) is 6.61 Å². The first-order chi connectivity index (χ1) is 16.2. The van der Waals surface area contributed by atoms with Crippen LogP contribution in [0, 0.1) is 23.3 Å². The smallest absolute Gasteiger partial charge is 0.429 e. The van der Waals surface area contributed by atoms with Crippen molar-refractivity contribution < 1.29 is 40.6 Å². The summed E-state index contributed by atoms with van der Waals surface area (Å²) in [5.74, 6) is -6.96. The molecule has 3 nitrogen and oxygen atoms in total. The van der Waals surface area contributed by atoms with Crippen molar-refractivity contribution in [2.24, 2.45) is 0 Å². The van der Waals surface area contributed by atoms with E-state index in [-0.39, 0.29) is 30.1 Å². The van der Waals surface area contributed by atoms with Gasteiger partial charge in [0.25, 0.3) is 0 Å². The lowest BCUT2D eigenvalue weighted by Gasteiger charge is -2.25. The summed E-state index contributed by atoms with van der Waals surface area (Å²) < 4.78 is 103. The number of rotatable bonds is 7. The average molecular weight is 482 g/mol. The first-order valence-corrected chi connectivity index (χ1v) is 10.6. The molecule has 3 aromatic carbocycles. The van der Waals surface area contributed by atoms with Crippen LogP contribution in [-0.2, 0) is 19.0 Å². The van der Waals surface area contributed by atoms with Crippen molar-refractivity contribution in [2.75, 3.05) is 6.61 Å². The maximum atomic E-state index is 14.8. The number of alkyl halides is 2. The van der Waals surface area contributed by atoms with Gasteiger partial charge in [-0.3, -0.25) is 0 Å². The van der Waals surface area contributed by atoms with E-state index in [2.05, 4.69) is 4.74 Å². The fraction of sp³-hybridized carbons (Fsp3) is 0.280. The standard InChI is InChI=1S/C25H20F6O3/c1-3-5-13-6-7-14-10-15-11-17(21(28)22(29)24(15)33-23(14)20(13)27)25(30,31)34-16-8-9-19(32-4-2)18(26)12-16/h6-9,11-12H,3-5,10H2,1-2H3. The van der Waals surface area contributed by atoms with Crippen molar-refractivity contribution in [3.05, 3.63) is 81.9 Å². The number of ether oxygens (including phenoxy) is 3. The van der Waals surface area contributed by atoms with Crippen LogP contribution < -0.4 is 14.2 Å². The monoisotopic (exact) mass is 482 g/mol. The van der Waals surface area contributed by atoms with Gasteiger partial charge in [-0.25, -0.2) is 13.2 Å². The van der Waals surface area contributed by atoms with Gasteiger partial charge >= 0.3 is 6.11 Å². The lowest BCUT2D eigenvalue weighted by atomic mass is 9.95. The summed E-state index contributed by atoms with van der Waals surface area (Å²) in [7, 11) is 0. The van der Waals surface area contributed by atoms with E-state index < -0.39 is 46.4 Å². The highest BCUT2D eigenvalue weighted by Crippen LogP contribution is 2.45. The Morgan fingerprint density at radius 1 is 0.882 bits per heavy atom. The van der Waals surface area contributed by atoms with Crippen molar-refractivity contribution in [3.8, 4) is 23.0 Å². The Balaban J connectivity index is 1.68. The molecule has 0 aromatic heterocycles. The van der Waals surface area contributed by atoms with E-state index >= 15 is 0 Å². The molecule has 4 rings (SSSR count). The molecule has 0 aliphatic carbocycles. The summed E-state index contributed by atoms with van der Waals surface area (Å²) in [5, 5.41) is 0. The number of fused-ring (bicyclic) bond motifs is 2. The van der Waals surface area contributed by atoms with Gasteiger partial charge in [-0.2, -0.15) is 13.2 Å². The Bertz CT molecular complexity index is 1240. The molecule has 0 saturated carbocycles. The second-order valence-electron chi connectivity index (χ2n) is 7.74. The number of benzene rings is 3. The van der Waals surface area contributed by atoms with E-state index in [9.17, 15) is 26.3 Å². The van der Waals surface area contributed by atoms with Gasteiger partial charge in [0.1, 0.15) is 11.3 Å². The van der Waals surface area contributed by atoms with E-state index in [1.54, 1.807) is 19.1 Å². The van der Waals surface area contributed by atoms with Crippen LogP contribution in [0.3, 0.4) is 0 Å². The van der Waals surface area contributed by atoms with E-state index in [4.69, 9.17) is 9.47 Å². The molecule has 0 bridgehead atoms. The molecule has 3 aromatic rings. The SMILES string of the molecule is CCCc1ccc2c(c1F)Oc1c(cc(C(F)(F)Oc3ccc(OCC)c(F)c3)c(F)c1F)C2. The minimum Gasteiger partial charge on any atom is -0.491 e. The molecule has 0 radical (unpaired) electrons. The van der Waals surface area contributed by atoms with Crippen molar-refractivity contribution in [1.82, 2.24) is 0 Å². The Kier molecular flexibility index (Phi) is 6.38. The molecule has 34 heavy (non-hydrogen) atoms. The topological polar surface area (TPSA) is 27.7 Å². The predicted molar refractivity (Wildman–Crippen MR) is 112 cm³/mol. The van der Waals surface area contributed by atoms with Gasteiger partial charge in [0.15, 0.2) is 34.7 Å². The van der Waals surface area contributed by atoms with Gasteiger partial charge in [0, 0.05) is 23.6 Å². The van der Waals surface area contributed by atoms with E-state index in [0.29, 0.717) is 36.1 Å². The summed E-state index contributed by atoms with van der Waals surface area (Å²) in [6, 6.07) is 6.57. The zero-order valence-electron chi connectivity index (χ0n) is 18.3. The third kappa shape index (κ3) is 4.26. The minimum atomic E-state index is -4.35. The van der Waals surface area contributed by atoms with Crippen LogP contribution in [0.25, 0.3) is 0 Å². The van der Waals surface area contributed by atoms with E-state index in [0.717, 1.165) is 12.1 Å². The Labute approximate surface area is 191 Å². The lowest BCUT2D eigenvalue weighted by Crippen LogP contribution is -2.25. The summed E-state index contributed by atoms with van der Waals surface area (Å²) in [5.41, 5.74) is -0.845. The first-order valence-electron chi connectivity index (χ1n) is 10.6. The van der Waals surface area contributed by atoms with Gasteiger partial charge in [0.05, 0.1) is 6.61 Å². The van der Waals surface area contributed by atoms with Gasteiger partial charge in [0.2, 0.25) is 5.82 Å². The highest BCUT2D eigenvalue weighted by atomic mass is 19.3. The van der Waals surface area contributed by atoms with Crippen molar-refractivity contribution >= 4 is 0 Å². The second-order valence-corrected chi connectivity index (χ2v) is 7.74. The molecule has 9 heteroatoms. The molecular formula is C25H20F6O3. The maximum absolute atomic E-state index is 14.8. The van der Waals surface area contributed by atoms with Gasteiger partial charge in [-0.15, -0.1) is 0 Å². The predicted octanol–water partition coefficient (Wildman–Crippen LogP) is 7.42. The zero-order valence-corrected chi connectivity index (χ0v) is 18.3. The average Bonchev–Trinajstić information content (AvgIpc) is 2.79. The fourth-order valence-electron chi connectivity index (χ4n) is 3.79. The molecule has 1 aliphatic heterocycles. The van der Waals surface area contributed by atoms with Crippen molar-refractivity contribution in [3.63, 3.8) is 0 Å². The molecule has 0 saturated heterocycles. The van der Waals surface area contributed by atoms with Crippen molar-refractivity contribution in [2.45, 2.75) is 39.2 Å². The van der Waals surface area contributed by atoms with Crippen LogP contribution in [0.5, 0.6) is 23.0 Å². The summed E-state index contributed by atoms with van der Waals surface area (Å²) in [6.45, 7) is 3.63. The Morgan fingerprint density at radius 2 is 1.62 bits per heavy atom. The maximum Gasteiger partial charge on any atom is 0.429 e. The molecule has 0 unspecified atom stereocenters. The lowest BCUT2D eigenvalue weighted by molar-refractivity contribution is -0.187. The molecule has 0 N–H and O–H groups in total. The number of hydrogen-bond acceptors (Lipinski definition) is 3. The molecule has 0 atom stereocenters. The van der Waals surface area contributed by atoms with E-state index in [1.807, 2.05) is 6.92 Å². The molecule has 1 heterocycles. The van der Waals surface area contributed by atoms with Crippen LogP contribution in [0.2, 0.25) is 0 Å². The third-order valence-corrected chi connectivity index (χ3v) is 5.36. The van der Waals surface area contributed by atoms with E-state index in [1.165, 1.54) is 0 Å². The molecule has 1 aliphatic rings. The number of halogens is 6. The van der Waals surface area contributed by atoms with Crippen molar-refractivity contribution in [1.29, 1.82) is 0 Å². The highest BCUT2D eigenvalue weighted by Gasteiger charge is 2.42. The Hall–Kier alpha value is -3.36. The second kappa shape index (κ2) is 9.12. The van der Waals surface area contributed by atoms with Gasteiger partial charge in [-0.1, -0.05) is 25.5 Å². The fourth-order valence-corrected chi connectivity index (χ4v) is 3.79. The first kappa shape index (κ1) is 23.8. The Morgan fingerprint density at radius 3 is 2.29 bits per heavy atom. The van der Waals surface area contributed by atoms with Crippen LogP contribution in [0.4, 0.5) is 26.3 Å². The highest BCUT2D eigenvalue weighted by molar-refractivity contribution is 5.54. The molecule has 0 amide bonds. The molecule has 0 fully saturated rings. The quantitative estimate of drug-likeness (QED) is 0.257. The number of hydrogen-bond donors (Lipinski definition) is 0. The number of aryl methyl sites for hydroxylation is 1. The third-order valence-electron chi connectivity index (χ3n) is 5.36. The van der Waals surface area contributed by atoms with Gasteiger partial charge < -0.3 is 14.2 Å². The van der Waals surface area contributed by atoms with Gasteiger partial charge in [-0.05, 0) is 37.1 Å². The van der Waals surface area contributed by atoms with Crippen LogP contribution >= 0.6 is 0 Å². The minimum absolute atomic E-state index is 0.106. The summed E-state index contributed by atoms with van der Waals surface area (Å²) in [6.07, 6.45) is -3.44. The molecule has 0 spiro atoms. The summed E-state index contributed by atoms with van der Waals surface area (Å²) in [4.78, 5) is 0. The molecular weight excluding hydrogens is 462 g/mol. The zero-order chi connectivity index (χ0) is 24.6. The van der Waals surface area contributed by atoms with Crippen LogP contribution in [0.15, 0.2) is 36.4 Å². The summed E-state index contributed by atoms with van der Waals surface area (Å²) >= 11 is 0. The van der Waals surface area contributed by atoms with Crippen LogP contribution in [0.1, 0.15) is 42.5 Å².